The van der Waals surface area contributed by atoms with Crippen LogP contribution in [-0.2, 0) is 5.75 Å². The molecule has 3 N–H and O–H groups in total. The second kappa shape index (κ2) is 5.81. The summed E-state index contributed by atoms with van der Waals surface area (Å²) in [6.07, 6.45) is 1.65. The number of carboxylic acids is 1. The van der Waals surface area contributed by atoms with Gasteiger partial charge in [0.2, 0.25) is 11.6 Å². The fraction of sp³-hybridized carbons (Fsp3) is 0.0909. The molecular formula is C11H9N7O3S. The molecule has 0 aliphatic heterocycles. The lowest BCUT2D eigenvalue weighted by Crippen LogP contribution is -2.08. The molecule has 0 unspecified atom stereocenters. The van der Waals surface area contributed by atoms with E-state index in [9.17, 15) is 9.90 Å². The zero-order chi connectivity index (χ0) is 15.5. The molecule has 0 amide bonds. The van der Waals surface area contributed by atoms with E-state index in [-0.39, 0.29) is 23.1 Å². The molecule has 0 radical (unpaired) electrons. The lowest BCUT2D eigenvalue weighted by molar-refractivity contribution is 0.0689. The minimum atomic E-state index is -1.20. The number of hydrogen-bond acceptors (Lipinski definition) is 9. The molecule has 0 saturated heterocycles. The van der Waals surface area contributed by atoms with Crippen LogP contribution >= 0.6 is 11.8 Å². The van der Waals surface area contributed by atoms with Gasteiger partial charge in [-0.25, -0.2) is 14.4 Å². The van der Waals surface area contributed by atoms with Gasteiger partial charge in [-0.3, -0.25) is 0 Å². The highest BCUT2D eigenvalue weighted by molar-refractivity contribution is 7.98. The van der Waals surface area contributed by atoms with Crippen molar-refractivity contribution < 1.29 is 14.5 Å². The maximum absolute atomic E-state index is 11.3. The minimum Gasteiger partial charge on any atom is -0.476 e. The number of aromatic nitrogens is 6. The van der Waals surface area contributed by atoms with Crippen molar-refractivity contribution in [1.82, 2.24) is 30.3 Å². The van der Waals surface area contributed by atoms with Crippen LogP contribution in [0.3, 0.4) is 0 Å². The maximum Gasteiger partial charge on any atom is 0.358 e. The maximum atomic E-state index is 11.3. The van der Waals surface area contributed by atoms with Gasteiger partial charge in [0.25, 0.3) is 0 Å². The van der Waals surface area contributed by atoms with Crippen LogP contribution in [0.25, 0.3) is 5.82 Å². The molecule has 0 aromatic carbocycles. The van der Waals surface area contributed by atoms with E-state index < -0.39 is 5.97 Å². The number of carbonyl (C=O) groups is 1. The summed E-state index contributed by atoms with van der Waals surface area (Å²) in [4.78, 5) is 15.4. The molecule has 0 bridgehead atoms. The number of aromatic carboxylic acids is 1. The van der Waals surface area contributed by atoms with Gasteiger partial charge in [0.15, 0.2) is 5.69 Å². The monoisotopic (exact) mass is 319 g/mol. The van der Waals surface area contributed by atoms with Crippen molar-refractivity contribution in [3.63, 3.8) is 0 Å². The summed E-state index contributed by atoms with van der Waals surface area (Å²) in [7, 11) is 0. The molecular weight excluding hydrogens is 310 g/mol. The van der Waals surface area contributed by atoms with Crippen molar-refractivity contribution >= 4 is 23.5 Å². The number of nitrogens with two attached hydrogens (primary N) is 1. The van der Waals surface area contributed by atoms with Gasteiger partial charge in [-0.15, -0.1) is 5.10 Å². The molecule has 112 valence electrons. The first-order valence-electron chi connectivity index (χ1n) is 5.97. The van der Waals surface area contributed by atoms with Gasteiger partial charge in [0.05, 0.1) is 10.7 Å². The molecule has 3 heterocycles. The number of nitrogens with zero attached hydrogens (tertiary/aromatic N) is 6. The molecule has 3 aromatic heterocycles. The highest BCUT2D eigenvalue weighted by atomic mass is 32.2. The predicted octanol–water partition coefficient (Wildman–Crippen LogP) is 0.618. The van der Waals surface area contributed by atoms with Crippen LogP contribution in [-0.4, -0.2) is 41.4 Å². The Balaban J connectivity index is 1.95. The Hall–Kier alpha value is -2.95. The van der Waals surface area contributed by atoms with E-state index in [4.69, 9.17) is 5.73 Å². The van der Waals surface area contributed by atoms with Gasteiger partial charge >= 0.3 is 5.97 Å². The van der Waals surface area contributed by atoms with Crippen LogP contribution in [0.5, 0.6) is 0 Å². The number of anilines is 1. The van der Waals surface area contributed by atoms with E-state index in [1.165, 1.54) is 16.4 Å². The zero-order valence-electron chi connectivity index (χ0n) is 10.9. The van der Waals surface area contributed by atoms with Gasteiger partial charge in [-0.05, 0) is 22.4 Å². The Kier molecular flexibility index (Phi) is 3.70. The van der Waals surface area contributed by atoms with Gasteiger partial charge in [-0.2, -0.15) is 4.68 Å². The third kappa shape index (κ3) is 2.61. The van der Waals surface area contributed by atoms with Crippen LogP contribution in [0.2, 0.25) is 0 Å². The molecule has 3 rings (SSSR count). The Bertz CT molecular complexity index is 801. The summed E-state index contributed by atoms with van der Waals surface area (Å²) >= 11 is 1.33. The SMILES string of the molecule is Nc1nonc1-n1nnc(C(=O)O)c1CSc1ccccn1. The summed E-state index contributed by atoms with van der Waals surface area (Å²) in [6.45, 7) is 0. The summed E-state index contributed by atoms with van der Waals surface area (Å²) in [5.41, 5.74) is 5.73. The van der Waals surface area contributed by atoms with Gasteiger partial charge in [-0.1, -0.05) is 23.0 Å². The molecule has 22 heavy (non-hydrogen) atoms. The third-order valence-electron chi connectivity index (χ3n) is 2.66. The van der Waals surface area contributed by atoms with E-state index in [0.29, 0.717) is 5.69 Å². The van der Waals surface area contributed by atoms with Crippen molar-refractivity contribution in [2.75, 3.05) is 5.73 Å². The van der Waals surface area contributed by atoms with Crippen molar-refractivity contribution in [3.8, 4) is 5.82 Å². The second-order valence-corrected chi connectivity index (χ2v) is 5.03. The highest BCUT2D eigenvalue weighted by Crippen LogP contribution is 2.24. The topological polar surface area (TPSA) is 146 Å². The summed E-state index contributed by atoms with van der Waals surface area (Å²) < 4.78 is 5.71. The Morgan fingerprint density at radius 1 is 1.41 bits per heavy atom. The molecule has 0 fully saturated rings. The third-order valence-corrected chi connectivity index (χ3v) is 3.61. The van der Waals surface area contributed by atoms with E-state index in [1.807, 2.05) is 12.1 Å². The van der Waals surface area contributed by atoms with Crippen LogP contribution in [0.1, 0.15) is 16.2 Å². The average molecular weight is 319 g/mol. The van der Waals surface area contributed by atoms with Crippen molar-refractivity contribution in [1.29, 1.82) is 0 Å². The summed E-state index contributed by atoms with van der Waals surface area (Å²) in [5, 5.41) is 24.4. The molecule has 3 aromatic rings. The van der Waals surface area contributed by atoms with Crippen molar-refractivity contribution in [3.05, 3.63) is 35.8 Å². The first kappa shape index (κ1) is 14.0. The standard InChI is InChI=1S/C11H9N7O3S/c12-9-10(16-21-15-9)18-6(8(11(19)20)14-17-18)5-22-7-3-1-2-4-13-7/h1-4H,5H2,(H2,12,15)(H,19,20). The normalized spacial score (nSPS) is 10.7. The molecule has 0 aliphatic carbocycles. The van der Waals surface area contributed by atoms with Gasteiger partial charge in [0, 0.05) is 11.9 Å². The van der Waals surface area contributed by atoms with Crippen LogP contribution < -0.4 is 5.73 Å². The molecule has 0 spiro atoms. The van der Waals surface area contributed by atoms with Crippen LogP contribution in [0.4, 0.5) is 5.82 Å². The fourth-order valence-electron chi connectivity index (χ4n) is 1.68. The molecule has 0 atom stereocenters. The zero-order valence-corrected chi connectivity index (χ0v) is 11.8. The van der Waals surface area contributed by atoms with Crippen LogP contribution in [0, 0.1) is 0 Å². The number of nitrogen functional groups attached to an aromatic ring is 1. The second-order valence-electron chi connectivity index (χ2n) is 4.03. The molecule has 0 saturated carbocycles. The van der Waals surface area contributed by atoms with E-state index >= 15 is 0 Å². The smallest absolute Gasteiger partial charge is 0.358 e. The molecule has 0 aliphatic rings. The van der Waals surface area contributed by atoms with Crippen molar-refractivity contribution in [2.24, 2.45) is 0 Å². The highest BCUT2D eigenvalue weighted by Gasteiger charge is 2.23. The first-order valence-corrected chi connectivity index (χ1v) is 6.95. The molecule has 10 nitrogen and oxygen atoms in total. The lowest BCUT2D eigenvalue weighted by atomic mass is 10.3. The molecule has 11 heteroatoms. The van der Waals surface area contributed by atoms with Gasteiger partial charge < -0.3 is 10.8 Å². The average Bonchev–Trinajstić information content (AvgIpc) is 3.11. The quantitative estimate of drug-likeness (QED) is 0.641. The summed E-state index contributed by atoms with van der Waals surface area (Å²) in [5.74, 6) is -0.849. The summed E-state index contributed by atoms with van der Waals surface area (Å²) in [6, 6.07) is 5.44. The first-order chi connectivity index (χ1) is 10.7. The lowest BCUT2D eigenvalue weighted by Gasteiger charge is -2.03. The number of carboxylic acid groups (broad SMARTS) is 1. The van der Waals surface area contributed by atoms with Gasteiger partial charge in [0.1, 0.15) is 0 Å². The fourth-order valence-corrected chi connectivity index (χ4v) is 2.53. The van der Waals surface area contributed by atoms with Crippen LogP contribution in [0.15, 0.2) is 34.1 Å². The number of pyridine rings is 1. The van der Waals surface area contributed by atoms with E-state index in [1.54, 1.807) is 12.3 Å². The number of hydrogen-bond donors (Lipinski definition) is 2. The Labute approximate surface area is 127 Å². The Morgan fingerprint density at radius 2 is 2.27 bits per heavy atom. The number of rotatable bonds is 5. The largest absolute Gasteiger partial charge is 0.476 e. The predicted molar refractivity (Wildman–Crippen MR) is 74.4 cm³/mol. The van der Waals surface area contributed by atoms with E-state index in [2.05, 4.69) is 30.2 Å². The minimum absolute atomic E-state index is 0.00840. The number of thioether (sulfide) groups is 1. The Morgan fingerprint density at radius 3 is 2.91 bits per heavy atom. The van der Waals surface area contributed by atoms with Crippen molar-refractivity contribution in [2.45, 2.75) is 10.8 Å². The van der Waals surface area contributed by atoms with E-state index in [0.717, 1.165) is 5.03 Å².